The maximum Gasteiger partial charge on any atom is 0.152 e. The molecule has 0 aliphatic carbocycles. The predicted molar refractivity (Wildman–Crippen MR) is 121 cm³/mol. The molecule has 148 valence electrons. The molecule has 5 rings (SSSR count). The molecule has 4 heterocycles. The van der Waals surface area contributed by atoms with Crippen molar-refractivity contribution < 1.29 is 0 Å². The minimum atomic E-state index is 0.573. The number of pyridine rings is 1. The van der Waals surface area contributed by atoms with E-state index in [0.717, 1.165) is 43.4 Å². The molecule has 0 saturated carbocycles. The zero-order valence-corrected chi connectivity index (χ0v) is 16.6. The van der Waals surface area contributed by atoms with Crippen molar-refractivity contribution in [3.63, 3.8) is 0 Å². The van der Waals surface area contributed by atoms with E-state index in [1.54, 1.807) is 16.9 Å². The maximum atomic E-state index is 6.14. The number of aromatic nitrogens is 4. The lowest BCUT2D eigenvalue weighted by molar-refractivity contribution is 0.647. The van der Waals surface area contributed by atoms with Crippen LogP contribution in [0.1, 0.15) is 5.56 Å². The lowest BCUT2D eigenvalue weighted by atomic mass is 10.0. The van der Waals surface area contributed by atoms with Crippen molar-refractivity contribution in [1.82, 2.24) is 19.6 Å². The standard InChI is InChI=1S/C22H22BN7/c23-19-16-26-30-20(25-15-17-5-4-8-24-14-17)13-21(27-22(19)30)29-11-9-28(10-12-29)18-6-2-1-3-7-18/h1-8,13-14,16,25H,9-12,15H2. The molecular weight excluding hydrogens is 373 g/mol. The van der Waals surface area contributed by atoms with E-state index in [9.17, 15) is 0 Å². The third kappa shape index (κ3) is 3.68. The number of nitrogens with zero attached hydrogens (tertiary/aromatic N) is 6. The molecule has 1 aromatic carbocycles. The first-order valence-corrected chi connectivity index (χ1v) is 10.1. The summed E-state index contributed by atoms with van der Waals surface area (Å²) < 4.78 is 1.76. The van der Waals surface area contributed by atoms with E-state index in [1.165, 1.54) is 5.69 Å². The van der Waals surface area contributed by atoms with Crippen molar-refractivity contribution in [2.45, 2.75) is 6.54 Å². The molecular formula is C22H22BN7. The smallest absolute Gasteiger partial charge is 0.152 e. The topological polar surface area (TPSA) is 61.6 Å². The van der Waals surface area contributed by atoms with Crippen molar-refractivity contribution in [2.24, 2.45) is 0 Å². The van der Waals surface area contributed by atoms with Crippen LogP contribution in [0.4, 0.5) is 17.3 Å². The van der Waals surface area contributed by atoms with Crippen molar-refractivity contribution in [1.29, 1.82) is 0 Å². The van der Waals surface area contributed by atoms with Gasteiger partial charge in [0, 0.05) is 63.1 Å². The second-order valence-corrected chi connectivity index (χ2v) is 7.36. The van der Waals surface area contributed by atoms with Crippen molar-refractivity contribution in [3.8, 4) is 0 Å². The molecule has 0 amide bonds. The lowest BCUT2D eigenvalue weighted by Gasteiger charge is -2.36. The van der Waals surface area contributed by atoms with E-state index in [4.69, 9.17) is 12.8 Å². The van der Waals surface area contributed by atoms with Crippen molar-refractivity contribution in [3.05, 3.63) is 72.7 Å². The molecule has 1 aliphatic rings. The minimum Gasteiger partial charge on any atom is -0.368 e. The van der Waals surface area contributed by atoms with Gasteiger partial charge in [0.05, 0.1) is 0 Å². The number of fused-ring (bicyclic) bond motifs is 1. The predicted octanol–water partition coefficient (Wildman–Crippen LogP) is 1.86. The fraction of sp³-hybridized carbons (Fsp3) is 0.227. The maximum absolute atomic E-state index is 6.14. The number of anilines is 3. The normalized spacial score (nSPS) is 14.3. The summed E-state index contributed by atoms with van der Waals surface area (Å²) in [6, 6.07) is 16.6. The summed E-state index contributed by atoms with van der Waals surface area (Å²) in [5.74, 6) is 1.78. The molecule has 0 spiro atoms. The molecule has 1 N–H and O–H groups in total. The molecule has 3 aromatic heterocycles. The Bertz CT molecular complexity index is 1120. The van der Waals surface area contributed by atoms with Gasteiger partial charge in [0.2, 0.25) is 0 Å². The molecule has 0 bridgehead atoms. The van der Waals surface area contributed by atoms with Gasteiger partial charge >= 0.3 is 0 Å². The van der Waals surface area contributed by atoms with Crippen LogP contribution in [0.15, 0.2) is 67.1 Å². The first kappa shape index (κ1) is 18.5. The Labute approximate surface area is 176 Å². The number of rotatable bonds is 5. The van der Waals surface area contributed by atoms with Crippen LogP contribution in [-0.2, 0) is 6.54 Å². The zero-order valence-electron chi connectivity index (χ0n) is 16.6. The van der Waals surface area contributed by atoms with Gasteiger partial charge < -0.3 is 15.1 Å². The Morgan fingerprint density at radius 3 is 2.50 bits per heavy atom. The highest BCUT2D eigenvalue weighted by atomic mass is 15.3. The first-order valence-electron chi connectivity index (χ1n) is 10.1. The molecule has 1 aliphatic heterocycles. The van der Waals surface area contributed by atoms with Crippen molar-refractivity contribution >= 4 is 36.3 Å². The van der Waals surface area contributed by atoms with Gasteiger partial charge in [-0.1, -0.05) is 24.3 Å². The summed E-state index contributed by atoms with van der Waals surface area (Å²) in [5.41, 5.74) is 3.61. The van der Waals surface area contributed by atoms with E-state index >= 15 is 0 Å². The Hall–Kier alpha value is -3.55. The highest BCUT2D eigenvalue weighted by molar-refractivity contribution is 6.36. The van der Waals surface area contributed by atoms with E-state index < -0.39 is 0 Å². The average Bonchev–Trinajstić information content (AvgIpc) is 3.20. The van der Waals surface area contributed by atoms with Crippen LogP contribution in [0.2, 0.25) is 0 Å². The zero-order chi connectivity index (χ0) is 20.3. The molecule has 8 heteroatoms. The van der Waals surface area contributed by atoms with E-state index in [1.807, 2.05) is 24.4 Å². The van der Waals surface area contributed by atoms with Crippen molar-refractivity contribution in [2.75, 3.05) is 41.3 Å². The summed E-state index contributed by atoms with van der Waals surface area (Å²) in [4.78, 5) is 13.7. The number of nitrogens with one attached hydrogen (secondary N) is 1. The summed E-state index contributed by atoms with van der Waals surface area (Å²) in [6.07, 6.45) is 5.27. The molecule has 1 fully saturated rings. The number of hydrogen-bond acceptors (Lipinski definition) is 6. The third-order valence-electron chi connectivity index (χ3n) is 5.41. The molecule has 2 radical (unpaired) electrons. The van der Waals surface area contributed by atoms with Gasteiger partial charge in [-0.05, 0) is 29.2 Å². The van der Waals surface area contributed by atoms with Gasteiger partial charge in [0.15, 0.2) is 5.65 Å². The fourth-order valence-electron chi connectivity index (χ4n) is 3.78. The number of para-hydroxylation sites is 1. The van der Waals surface area contributed by atoms with Gasteiger partial charge in [-0.2, -0.15) is 9.61 Å². The average molecular weight is 395 g/mol. The van der Waals surface area contributed by atoms with E-state index in [0.29, 0.717) is 17.7 Å². The Morgan fingerprint density at radius 1 is 0.933 bits per heavy atom. The van der Waals surface area contributed by atoms with Crippen LogP contribution in [0.5, 0.6) is 0 Å². The summed E-state index contributed by atoms with van der Waals surface area (Å²) >= 11 is 0. The Balaban J connectivity index is 1.37. The molecule has 1 saturated heterocycles. The highest BCUT2D eigenvalue weighted by Crippen LogP contribution is 2.22. The van der Waals surface area contributed by atoms with Crippen LogP contribution in [-0.4, -0.2) is 53.6 Å². The largest absolute Gasteiger partial charge is 0.368 e. The second-order valence-electron chi connectivity index (χ2n) is 7.36. The van der Waals surface area contributed by atoms with Gasteiger partial charge in [-0.25, -0.2) is 4.98 Å². The molecule has 0 atom stereocenters. The number of hydrogen-bond donors (Lipinski definition) is 1. The van der Waals surface area contributed by atoms with E-state index in [-0.39, 0.29) is 0 Å². The molecule has 7 nitrogen and oxygen atoms in total. The van der Waals surface area contributed by atoms with Crippen LogP contribution in [0.3, 0.4) is 0 Å². The van der Waals surface area contributed by atoms with Crippen LogP contribution in [0, 0.1) is 0 Å². The van der Waals surface area contributed by atoms with Gasteiger partial charge in [-0.15, -0.1) is 0 Å². The quantitative estimate of drug-likeness (QED) is 0.521. The van der Waals surface area contributed by atoms with Gasteiger partial charge in [0.1, 0.15) is 19.5 Å². The van der Waals surface area contributed by atoms with E-state index in [2.05, 4.69) is 55.5 Å². The van der Waals surface area contributed by atoms with Gasteiger partial charge in [0.25, 0.3) is 0 Å². The minimum absolute atomic E-state index is 0.573. The summed E-state index contributed by atoms with van der Waals surface area (Å²) in [6.45, 7) is 4.34. The Kier molecular flexibility index (Phi) is 4.97. The second kappa shape index (κ2) is 8.06. The Morgan fingerprint density at radius 2 is 1.73 bits per heavy atom. The summed E-state index contributed by atoms with van der Waals surface area (Å²) in [7, 11) is 6.14. The summed E-state index contributed by atoms with van der Waals surface area (Å²) in [5, 5.41) is 7.85. The van der Waals surface area contributed by atoms with Crippen LogP contribution < -0.4 is 20.6 Å². The first-order chi connectivity index (χ1) is 14.8. The van der Waals surface area contributed by atoms with Crippen LogP contribution in [0.25, 0.3) is 5.65 Å². The van der Waals surface area contributed by atoms with Gasteiger partial charge in [-0.3, -0.25) is 4.98 Å². The molecule has 4 aromatic rings. The lowest BCUT2D eigenvalue weighted by Crippen LogP contribution is -2.47. The van der Waals surface area contributed by atoms with Crippen LogP contribution >= 0.6 is 0 Å². The molecule has 30 heavy (non-hydrogen) atoms. The monoisotopic (exact) mass is 395 g/mol. The highest BCUT2D eigenvalue weighted by Gasteiger charge is 2.20. The third-order valence-corrected chi connectivity index (χ3v) is 5.41. The number of benzene rings is 1. The SMILES string of the molecule is [B]c1cnn2c(NCc3cccnc3)cc(N3CCN(c4ccccc4)CC3)nc12. The fourth-order valence-corrected chi connectivity index (χ4v) is 3.78. The number of piperazine rings is 1. The molecule has 0 unspecified atom stereocenters.